The molecule has 0 saturated carbocycles. The third-order valence-corrected chi connectivity index (χ3v) is 1.97. The summed E-state index contributed by atoms with van der Waals surface area (Å²) in [5.74, 6) is 1.97. The fourth-order valence-electron chi connectivity index (χ4n) is 1.08. The van der Waals surface area contributed by atoms with Crippen LogP contribution < -0.4 is 9.47 Å². The first-order chi connectivity index (χ1) is 7.22. The van der Waals surface area contributed by atoms with Gasteiger partial charge >= 0.3 is 0 Å². The Morgan fingerprint density at radius 3 is 2.33 bits per heavy atom. The Kier molecular flexibility index (Phi) is 4.68. The highest BCUT2D eigenvalue weighted by Gasteiger charge is 1.97. The van der Waals surface area contributed by atoms with E-state index in [9.17, 15) is 4.79 Å². The Morgan fingerprint density at radius 1 is 1.20 bits per heavy atom. The molecule has 0 spiro atoms. The van der Waals surface area contributed by atoms with Crippen molar-refractivity contribution in [3.8, 4) is 11.5 Å². The van der Waals surface area contributed by atoms with Crippen molar-refractivity contribution in [2.75, 3.05) is 6.61 Å². The second-order valence-electron chi connectivity index (χ2n) is 3.72. The Hall–Kier alpha value is -1.51. The van der Waals surface area contributed by atoms with Gasteiger partial charge in [0, 0.05) is 0 Å². The summed E-state index contributed by atoms with van der Waals surface area (Å²) >= 11 is 0. The molecule has 0 N–H and O–H groups in total. The van der Waals surface area contributed by atoms with E-state index in [1.54, 1.807) is 24.3 Å². The van der Waals surface area contributed by atoms with E-state index in [-0.39, 0.29) is 0 Å². The highest BCUT2D eigenvalue weighted by atomic mass is 16.5. The lowest BCUT2D eigenvalue weighted by atomic mass is 10.1. The SMILES string of the molecule is CC(C)CCOc1ccc(OC=O)cc1. The summed E-state index contributed by atoms with van der Waals surface area (Å²) in [5.41, 5.74) is 0. The van der Waals surface area contributed by atoms with Gasteiger partial charge in [0.05, 0.1) is 6.61 Å². The zero-order chi connectivity index (χ0) is 11.1. The summed E-state index contributed by atoms with van der Waals surface area (Å²) in [6.45, 7) is 5.44. The standard InChI is InChI=1S/C12H16O3/c1-10(2)7-8-14-11-3-5-12(6-4-11)15-9-13/h3-6,9-10H,7-8H2,1-2H3. The van der Waals surface area contributed by atoms with Gasteiger partial charge in [-0.05, 0) is 36.6 Å². The van der Waals surface area contributed by atoms with E-state index in [4.69, 9.17) is 4.74 Å². The van der Waals surface area contributed by atoms with Crippen LogP contribution in [0.4, 0.5) is 0 Å². The van der Waals surface area contributed by atoms with Gasteiger partial charge in [0.1, 0.15) is 11.5 Å². The molecule has 82 valence electrons. The number of rotatable bonds is 6. The molecule has 3 nitrogen and oxygen atoms in total. The molecule has 0 amide bonds. The molecular formula is C12H16O3. The van der Waals surface area contributed by atoms with Crippen LogP contribution in [0.3, 0.4) is 0 Å². The van der Waals surface area contributed by atoms with E-state index < -0.39 is 0 Å². The van der Waals surface area contributed by atoms with Crippen molar-refractivity contribution >= 4 is 6.47 Å². The average Bonchev–Trinajstić information content (AvgIpc) is 2.20. The molecule has 0 atom stereocenters. The van der Waals surface area contributed by atoms with E-state index in [0.29, 0.717) is 24.7 Å². The molecule has 1 aromatic carbocycles. The van der Waals surface area contributed by atoms with Gasteiger partial charge in [0.15, 0.2) is 0 Å². The van der Waals surface area contributed by atoms with Crippen LogP contribution in [0, 0.1) is 5.92 Å². The van der Waals surface area contributed by atoms with Crippen molar-refractivity contribution in [1.29, 1.82) is 0 Å². The highest BCUT2D eigenvalue weighted by Crippen LogP contribution is 2.17. The van der Waals surface area contributed by atoms with Crippen LogP contribution in [0.2, 0.25) is 0 Å². The zero-order valence-electron chi connectivity index (χ0n) is 9.10. The normalized spacial score (nSPS) is 10.1. The molecule has 1 aromatic rings. The minimum absolute atomic E-state index is 0.411. The van der Waals surface area contributed by atoms with Crippen molar-refractivity contribution in [2.45, 2.75) is 20.3 Å². The molecule has 1 rings (SSSR count). The van der Waals surface area contributed by atoms with Gasteiger partial charge in [-0.25, -0.2) is 0 Å². The number of hydrogen-bond acceptors (Lipinski definition) is 3. The average molecular weight is 208 g/mol. The molecule has 0 heterocycles. The van der Waals surface area contributed by atoms with Gasteiger partial charge in [0.2, 0.25) is 0 Å². The molecule has 0 aromatic heterocycles. The molecule has 0 radical (unpaired) electrons. The summed E-state index contributed by atoms with van der Waals surface area (Å²) < 4.78 is 10.2. The summed E-state index contributed by atoms with van der Waals surface area (Å²) in [6.07, 6.45) is 1.03. The van der Waals surface area contributed by atoms with Crippen molar-refractivity contribution in [2.24, 2.45) is 5.92 Å². The second kappa shape index (κ2) is 6.06. The van der Waals surface area contributed by atoms with Crippen molar-refractivity contribution in [1.82, 2.24) is 0 Å². The first-order valence-electron chi connectivity index (χ1n) is 5.05. The highest BCUT2D eigenvalue weighted by molar-refractivity contribution is 5.45. The topological polar surface area (TPSA) is 35.5 Å². The zero-order valence-corrected chi connectivity index (χ0v) is 9.10. The molecule has 0 bridgehead atoms. The van der Waals surface area contributed by atoms with Crippen LogP contribution in [-0.4, -0.2) is 13.1 Å². The predicted octanol–water partition coefficient (Wildman–Crippen LogP) is 2.65. The fraction of sp³-hybridized carbons (Fsp3) is 0.417. The van der Waals surface area contributed by atoms with Crippen molar-refractivity contribution in [3.63, 3.8) is 0 Å². The third kappa shape index (κ3) is 4.49. The summed E-state index contributed by atoms with van der Waals surface area (Å²) in [6, 6.07) is 7.00. The van der Waals surface area contributed by atoms with E-state index in [0.717, 1.165) is 12.2 Å². The Balaban J connectivity index is 2.39. The lowest BCUT2D eigenvalue weighted by Crippen LogP contribution is -2.01. The van der Waals surface area contributed by atoms with Gasteiger partial charge in [-0.1, -0.05) is 13.8 Å². The first kappa shape index (κ1) is 11.6. The minimum atomic E-state index is 0.411. The van der Waals surface area contributed by atoms with E-state index in [1.807, 2.05) is 0 Å². The molecule has 0 aliphatic heterocycles. The maximum absolute atomic E-state index is 10.1. The largest absolute Gasteiger partial charge is 0.494 e. The molecule has 15 heavy (non-hydrogen) atoms. The molecule has 0 fully saturated rings. The fourth-order valence-corrected chi connectivity index (χ4v) is 1.08. The molecule has 0 unspecified atom stereocenters. The maximum Gasteiger partial charge on any atom is 0.298 e. The predicted molar refractivity (Wildman–Crippen MR) is 58.1 cm³/mol. The van der Waals surface area contributed by atoms with Crippen molar-refractivity contribution in [3.05, 3.63) is 24.3 Å². The van der Waals surface area contributed by atoms with Gasteiger partial charge in [-0.15, -0.1) is 0 Å². The minimum Gasteiger partial charge on any atom is -0.494 e. The molecular weight excluding hydrogens is 192 g/mol. The molecule has 0 aliphatic rings. The molecule has 0 aliphatic carbocycles. The second-order valence-corrected chi connectivity index (χ2v) is 3.72. The Bertz CT molecular complexity index is 290. The monoisotopic (exact) mass is 208 g/mol. The van der Waals surface area contributed by atoms with Crippen LogP contribution in [0.25, 0.3) is 0 Å². The van der Waals surface area contributed by atoms with Crippen LogP contribution in [0.5, 0.6) is 11.5 Å². The lowest BCUT2D eigenvalue weighted by molar-refractivity contribution is -0.120. The Labute approximate surface area is 90.0 Å². The Morgan fingerprint density at radius 2 is 1.80 bits per heavy atom. The van der Waals surface area contributed by atoms with E-state index in [2.05, 4.69) is 18.6 Å². The smallest absolute Gasteiger partial charge is 0.298 e. The molecule has 3 heteroatoms. The van der Waals surface area contributed by atoms with Gasteiger partial charge in [0.25, 0.3) is 6.47 Å². The summed E-state index contributed by atoms with van der Waals surface area (Å²) in [4.78, 5) is 10.1. The number of carbonyl (C=O) groups excluding carboxylic acids is 1. The summed E-state index contributed by atoms with van der Waals surface area (Å²) in [7, 11) is 0. The van der Waals surface area contributed by atoms with E-state index in [1.165, 1.54) is 0 Å². The van der Waals surface area contributed by atoms with Gasteiger partial charge < -0.3 is 9.47 Å². The quantitative estimate of drug-likeness (QED) is 0.674. The number of hydrogen-bond donors (Lipinski definition) is 0. The van der Waals surface area contributed by atoms with Crippen LogP contribution in [-0.2, 0) is 4.79 Å². The van der Waals surface area contributed by atoms with Gasteiger partial charge in [-0.2, -0.15) is 0 Å². The summed E-state index contributed by atoms with van der Waals surface area (Å²) in [5, 5.41) is 0. The maximum atomic E-state index is 10.1. The number of ether oxygens (including phenoxy) is 2. The number of benzene rings is 1. The van der Waals surface area contributed by atoms with Gasteiger partial charge in [-0.3, -0.25) is 4.79 Å². The van der Waals surface area contributed by atoms with E-state index >= 15 is 0 Å². The van der Waals surface area contributed by atoms with Crippen LogP contribution in [0.1, 0.15) is 20.3 Å². The molecule has 0 saturated heterocycles. The first-order valence-corrected chi connectivity index (χ1v) is 5.05. The third-order valence-electron chi connectivity index (χ3n) is 1.97. The van der Waals surface area contributed by atoms with Crippen LogP contribution in [0.15, 0.2) is 24.3 Å². The van der Waals surface area contributed by atoms with Crippen molar-refractivity contribution < 1.29 is 14.3 Å². The lowest BCUT2D eigenvalue weighted by Gasteiger charge is -2.08. The number of carbonyl (C=O) groups is 1. The van der Waals surface area contributed by atoms with Crippen LogP contribution >= 0.6 is 0 Å².